The quantitative estimate of drug-likeness (QED) is 0.867. The van der Waals surface area contributed by atoms with E-state index in [0.717, 1.165) is 41.4 Å². The number of hydrogen-bond acceptors (Lipinski definition) is 5. The normalized spacial score (nSPS) is 18.5. The molecule has 1 saturated heterocycles. The highest BCUT2D eigenvalue weighted by molar-refractivity contribution is 7.09. The van der Waals surface area contributed by atoms with Crippen LogP contribution in [0.15, 0.2) is 29.6 Å². The average Bonchev–Trinajstić information content (AvgIpc) is 3.25. The summed E-state index contributed by atoms with van der Waals surface area (Å²) in [5.41, 5.74) is 2.76. The van der Waals surface area contributed by atoms with E-state index >= 15 is 0 Å². The lowest BCUT2D eigenvalue weighted by molar-refractivity contribution is -0.128. The van der Waals surface area contributed by atoms with E-state index in [0.29, 0.717) is 6.61 Å². The van der Waals surface area contributed by atoms with E-state index in [9.17, 15) is 4.79 Å². The molecule has 1 fully saturated rings. The molecule has 1 aliphatic rings. The smallest absolute Gasteiger partial charge is 0.253 e. The van der Waals surface area contributed by atoms with Crippen molar-refractivity contribution < 1.29 is 14.3 Å². The van der Waals surface area contributed by atoms with Gasteiger partial charge in [-0.1, -0.05) is 12.1 Å². The van der Waals surface area contributed by atoms with Gasteiger partial charge in [0.1, 0.15) is 6.10 Å². The van der Waals surface area contributed by atoms with Crippen molar-refractivity contribution in [1.82, 2.24) is 4.98 Å². The molecule has 24 heavy (non-hydrogen) atoms. The number of amides is 1. The topological polar surface area (TPSA) is 60.5 Å². The summed E-state index contributed by atoms with van der Waals surface area (Å²) < 4.78 is 11.1. The van der Waals surface area contributed by atoms with E-state index < -0.39 is 6.10 Å². The Bertz CT molecular complexity index is 678. The van der Waals surface area contributed by atoms with Crippen LogP contribution in [0.2, 0.25) is 0 Å². The van der Waals surface area contributed by atoms with Gasteiger partial charge in [0.15, 0.2) is 0 Å². The van der Waals surface area contributed by atoms with E-state index in [2.05, 4.69) is 10.3 Å². The molecule has 1 aliphatic heterocycles. The summed E-state index contributed by atoms with van der Waals surface area (Å²) in [5, 5.41) is 5.95. The minimum Gasteiger partial charge on any atom is -0.376 e. The number of thiazole rings is 1. The lowest BCUT2D eigenvalue weighted by Crippen LogP contribution is -2.30. The summed E-state index contributed by atoms with van der Waals surface area (Å²) in [6, 6.07) is 7.69. The van der Waals surface area contributed by atoms with Crippen LogP contribution in [0.4, 0.5) is 5.69 Å². The van der Waals surface area contributed by atoms with Crippen molar-refractivity contribution >= 4 is 22.9 Å². The van der Waals surface area contributed by atoms with Crippen LogP contribution >= 0.6 is 11.3 Å². The maximum atomic E-state index is 12.2. The highest BCUT2D eigenvalue weighted by Gasteiger charge is 2.20. The van der Waals surface area contributed by atoms with Crippen LogP contribution in [0.3, 0.4) is 0 Å². The van der Waals surface area contributed by atoms with Gasteiger partial charge in [0, 0.05) is 23.2 Å². The van der Waals surface area contributed by atoms with Crippen LogP contribution in [-0.4, -0.2) is 36.3 Å². The Morgan fingerprint density at radius 3 is 2.88 bits per heavy atom. The SMILES string of the molecule is Cc1nc(-c2ccc(NC(=O)[C@@H](C)OC[C@H]3CCCO3)cc2)cs1. The Hall–Kier alpha value is -1.76. The monoisotopic (exact) mass is 346 g/mol. The van der Waals surface area contributed by atoms with Crippen molar-refractivity contribution in [2.45, 2.75) is 38.9 Å². The molecule has 128 valence electrons. The number of nitrogens with zero attached hydrogens (tertiary/aromatic N) is 1. The number of aromatic nitrogens is 1. The van der Waals surface area contributed by atoms with Gasteiger partial charge in [-0.25, -0.2) is 4.98 Å². The summed E-state index contributed by atoms with van der Waals surface area (Å²) in [4.78, 5) is 16.6. The molecular formula is C18H22N2O3S. The van der Waals surface area contributed by atoms with Gasteiger partial charge in [-0.15, -0.1) is 11.3 Å². The van der Waals surface area contributed by atoms with Gasteiger partial charge in [-0.2, -0.15) is 0 Å². The highest BCUT2D eigenvalue weighted by Crippen LogP contribution is 2.23. The minimum absolute atomic E-state index is 0.126. The molecule has 1 amide bonds. The second kappa shape index (κ2) is 7.88. The van der Waals surface area contributed by atoms with Crippen LogP contribution in [-0.2, 0) is 14.3 Å². The van der Waals surface area contributed by atoms with Gasteiger partial charge >= 0.3 is 0 Å². The van der Waals surface area contributed by atoms with Crippen LogP contribution in [0.25, 0.3) is 11.3 Å². The third-order valence-electron chi connectivity index (χ3n) is 3.99. The van der Waals surface area contributed by atoms with Crippen molar-refractivity contribution in [2.24, 2.45) is 0 Å². The summed E-state index contributed by atoms with van der Waals surface area (Å²) in [5.74, 6) is -0.148. The van der Waals surface area contributed by atoms with Gasteiger partial charge in [0.05, 0.1) is 23.4 Å². The fourth-order valence-corrected chi connectivity index (χ4v) is 3.19. The molecule has 0 aliphatic carbocycles. The average molecular weight is 346 g/mol. The Morgan fingerprint density at radius 2 is 2.25 bits per heavy atom. The molecule has 1 N–H and O–H groups in total. The van der Waals surface area contributed by atoms with Crippen molar-refractivity contribution in [1.29, 1.82) is 0 Å². The molecule has 2 aromatic rings. The third-order valence-corrected chi connectivity index (χ3v) is 4.77. The minimum atomic E-state index is -0.505. The molecule has 3 rings (SSSR count). The predicted octanol–water partition coefficient (Wildman–Crippen LogP) is 3.64. The molecule has 0 spiro atoms. The Balaban J connectivity index is 1.52. The molecular weight excluding hydrogens is 324 g/mol. The number of hydrogen-bond donors (Lipinski definition) is 1. The number of ether oxygens (including phenoxy) is 2. The van der Waals surface area contributed by atoms with Crippen LogP contribution < -0.4 is 5.32 Å². The van der Waals surface area contributed by atoms with E-state index in [-0.39, 0.29) is 12.0 Å². The number of carbonyl (C=O) groups excluding carboxylic acids is 1. The Morgan fingerprint density at radius 1 is 1.46 bits per heavy atom. The molecule has 2 atom stereocenters. The second-order valence-corrected chi connectivity index (χ2v) is 6.99. The van der Waals surface area contributed by atoms with Gasteiger partial charge in [-0.3, -0.25) is 4.79 Å². The second-order valence-electron chi connectivity index (χ2n) is 5.93. The molecule has 0 unspecified atom stereocenters. The lowest BCUT2D eigenvalue weighted by atomic mass is 10.1. The molecule has 0 bridgehead atoms. The number of anilines is 1. The van der Waals surface area contributed by atoms with Crippen LogP contribution in [0.5, 0.6) is 0 Å². The molecule has 0 radical (unpaired) electrons. The summed E-state index contributed by atoms with van der Waals surface area (Å²) in [6.07, 6.45) is 1.70. The van der Waals surface area contributed by atoms with Crippen molar-refractivity contribution in [3.63, 3.8) is 0 Å². The molecule has 1 aromatic carbocycles. The maximum Gasteiger partial charge on any atom is 0.253 e. The highest BCUT2D eigenvalue weighted by atomic mass is 32.1. The first-order valence-electron chi connectivity index (χ1n) is 8.18. The van der Waals surface area contributed by atoms with E-state index in [1.807, 2.05) is 36.6 Å². The number of nitrogens with one attached hydrogen (secondary N) is 1. The molecule has 1 aromatic heterocycles. The Labute approximate surface area is 146 Å². The van der Waals surface area contributed by atoms with Gasteiger partial charge in [0.25, 0.3) is 5.91 Å². The zero-order valence-electron chi connectivity index (χ0n) is 14.0. The van der Waals surface area contributed by atoms with E-state index in [4.69, 9.17) is 9.47 Å². The van der Waals surface area contributed by atoms with Crippen molar-refractivity contribution in [2.75, 3.05) is 18.5 Å². The van der Waals surface area contributed by atoms with Crippen molar-refractivity contribution in [3.8, 4) is 11.3 Å². The molecule has 6 heteroatoms. The van der Waals surface area contributed by atoms with Gasteiger partial charge in [0.2, 0.25) is 0 Å². The standard InChI is InChI=1S/C18H22N2O3S/c1-12(23-10-16-4-3-9-22-16)18(21)20-15-7-5-14(6-8-15)17-11-24-13(2)19-17/h5-8,11-12,16H,3-4,9-10H2,1-2H3,(H,20,21)/t12-,16-/m1/s1. The summed E-state index contributed by atoms with van der Waals surface area (Å²) in [7, 11) is 0. The van der Waals surface area contributed by atoms with Gasteiger partial charge in [-0.05, 0) is 38.8 Å². The fourth-order valence-electron chi connectivity index (χ4n) is 2.57. The third kappa shape index (κ3) is 4.41. The molecule has 2 heterocycles. The predicted molar refractivity (Wildman–Crippen MR) is 95.3 cm³/mol. The van der Waals surface area contributed by atoms with E-state index in [1.54, 1.807) is 18.3 Å². The first kappa shape index (κ1) is 17.1. The molecule has 5 nitrogen and oxygen atoms in total. The number of aryl methyl sites for hydroxylation is 1. The lowest BCUT2D eigenvalue weighted by Gasteiger charge is -2.16. The van der Waals surface area contributed by atoms with Crippen LogP contribution in [0, 0.1) is 6.92 Å². The van der Waals surface area contributed by atoms with Crippen LogP contribution in [0.1, 0.15) is 24.8 Å². The number of benzene rings is 1. The largest absolute Gasteiger partial charge is 0.376 e. The van der Waals surface area contributed by atoms with E-state index in [1.165, 1.54) is 0 Å². The fraction of sp³-hybridized carbons (Fsp3) is 0.444. The Kier molecular flexibility index (Phi) is 5.60. The molecule has 0 saturated carbocycles. The number of rotatable bonds is 6. The number of carbonyl (C=O) groups is 1. The summed E-state index contributed by atoms with van der Waals surface area (Å²) >= 11 is 1.63. The maximum absolute atomic E-state index is 12.2. The summed E-state index contributed by atoms with van der Waals surface area (Å²) in [6.45, 7) is 5.01. The van der Waals surface area contributed by atoms with Gasteiger partial charge < -0.3 is 14.8 Å². The zero-order chi connectivity index (χ0) is 16.9. The zero-order valence-corrected chi connectivity index (χ0v) is 14.8. The van der Waals surface area contributed by atoms with Crippen molar-refractivity contribution in [3.05, 3.63) is 34.7 Å². The first-order chi connectivity index (χ1) is 11.6. The first-order valence-corrected chi connectivity index (χ1v) is 9.06.